The SMILES string of the molecule is COC(=O)c1ccc(C2CC2)c(S(=O)(=O)Nc2cc(-c3cnoc3C)ccc2-c2ccc(Cl)s2)c1. The lowest BCUT2D eigenvalue weighted by Gasteiger charge is -2.16. The number of aryl methyl sites for hydroxylation is 1. The lowest BCUT2D eigenvalue weighted by molar-refractivity contribution is 0.0600. The molecule has 2 aromatic heterocycles. The largest absolute Gasteiger partial charge is 0.465 e. The average molecular weight is 529 g/mol. The molecule has 0 unspecified atom stereocenters. The van der Waals surface area contributed by atoms with Crippen LogP contribution >= 0.6 is 22.9 Å². The number of methoxy groups -OCH3 is 1. The number of sulfonamides is 1. The highest BCUT2D eigenvalue weighted by Gasteiger charge is 2.32. The van der Waals surface area contributed by atoms with Crippen LogP contribution in [-0.2, 0) is 14.8 Å². The van der Waals surface area contributed by atoms with E-state index in [1.165, 1.54) is 24.5 Å². The standard InChI is InChI=1S/C25H21ClN2O5S2/c1-14-20(13-27-33-14)16-5-8-19(22-9-10-24(26)34-22)21(11-16)28-35(30,31)23-12-17(25(29)32-2)6-7-18(23)15-3-4-15/h5-13,15,28H,3-4H2,1-2H3. The van der Waals surface area contributed by atoms with Crippen molar-refractivity contribution in [2.24, 2.45) is 0 Å². The minimum absolute atomic E-state index is 0.0737. The minimum atomic E-state index is -4.06. The number of hydrogen-bond acceptors (Lipinski definition) is 7. The van der Waals surface area contributed by atoms with Gasteiger partial charge in [-0.15, -0.1) is 11.3 Å². The van der Waals surface area contributed by atoms with E-state index in [4.69, 9.17) is 20.9 Å². The summed E-state index contributed by atoms with van der Waals surface area (Å²) >= 11 is 7.51. The van der Waals surface area contributed by atoms with Crippen LogP contribution in [0, 0.1) is 6.92 Å². The molecular formula is C25H21ClN2O5S2. The summed E-state index contributed by atoms with van der Waals surface area (Å²) in [5.74, 6) is 0.171. The summed E-state index contributed by atoms with van der Waals surface area (Å²) in [6.07, 6.45) is 3.40. The summed E-state index contributed by atoms with van der Waals surface area (Å²) in [7, 11) is -2.79. The maximum atomic E-state index is 13.8. The number of carbonyl (C=O) groups excluding carboxylic acids is 1. The molecule has 7 nitrogen and oxygen atoms in total. The van der Waals surface area contributed by atoms with Crippen molar-refractivity contribution in [2.45, 2.75) is 30.6 Å². The molecule has 0 bridgehead atoms. The topological polar surface area (TPSA) is 98.5 Å². The molecule has 0 spiro atoms. The number of nitrogens with one attached hydrogen (secondary N) is 1. The molecular weight excluding hydrogens is 508 g/mol. The average Bonchev–Trinajstić information content (AvgIpc) is 3.46. The zero-order chi connectivity index (χ0) is 24.7. The lowest BCUT2D eigenvalue weighted by atomic mass is 10.0. The number of nitrogens with zero attached hydrogens (tertiary/aromatic N) is 1. The molecule has 4 aromatic rings. The number of ether oxygens (including phenoxy) is 1. The van der Waals surface area contributed by atoms with Crippen molar-refractivity contribution in [3.8, 4) is 21.6 Å². The van der Waals surface area contributed by atoms with Crippen LogP contribution in [-0.4, -0.2) is 26.7 Å². The van der Waals surface area contributed by atoms with E-state index in [1.54, 1.807) is 37.4 Å². The van der Waals surface area contributed by atoms with Crippen LogP contribution in [0.1, 0.15) is 40.4 Å². The van der Waals surface area contributed by atoms with Gasteiger partial charge in [0, 0.05) is 16.0 Å². The van der Waals surface area contributed by atoms with Crippen molar-refractivity contribution in [2.75, 3.05) is 11.8 Å². The minimum Gasteiger partial charge on any atom is -0.465 e. The van der Waals surface area contributed by atoms with Crippen LogP contribution in [0.4, 0.5) is 5.69 Å². The van der Waals surface area contributed by atoms with E-state index < -0.39 is 16.0 Å². The van der Waals surface area contributed by atoms with E-state index in [0.717, 1.165) is 28.8 Å². The molecule has 0 saturated heterocycles. The molecule has 1 fully saturated rings. The van der Waals surface area contributed by atoms with E-state index in [2.05, 4.69) is 9.88 Å². The van der Waals surface area contributed by atoms with Crippen molar-refractivity contribution in [3.63, 3.8) is 0 Å². The van der Waals surface area contributed by atoms with Gasteiger partial charge < -0.3 is 9.26 Å². The highest BCUT2D eigenvalue weighted by atomic mass is 35.5. The van der Waals surface area contributed by atoms with E-state index in [9.17, 15) is 13.2 Å². The quantitative estimate of drug-likeness (QED) is 0.275. The molecule has 0 radical (unpaired) electrons. The highest BCUT2D eigenvalue weighted by molar-refractivity contribution is 7.92. The van der Waals surface area contributed by atoms with Gasteiger partial charge in [-0.2, -0.15) is 0 Å². The van der Waals surface area contributed by atoms with Gasteiger partial charge in [-0.05, 0) is 67.1 Å². The van der Waals surface area contributed by atoms with E-state index >= 15 is 0 Å². The number of carbonyl (C=O) groups is 1. The Morgan fingerprint density at radius 1 is 1.14 bits per heavy atom. The molecule has 0 amide bonds. The number of rotatable bonds is 7. The van der Waals surface area contributed by atoms with E-state index in [0.29, 0.717) is 26.9 Å². The Morgan fingerprint density at radius 2 is 1.94 bits per heavy atom. The second kappa shape index (κ2) is 9.14. The fourth-order valence-electron chi connectivity index (χ4n) is 3.99. The van der Waals surface area contributed by atoms with Crippen LogP contribution in [0.5, 0.6) is 0 Å². The third-order valence-corrected chi connectivity index (χ3v) is 8.59. The van der Waals surface area contributed by atoms with Gasteiger partial charge >= 0.3 is 5.97 Å². The van der Waals surface area contributed by atoms with Crippen molar-refractivity contribution in [1.82, 2.24) is 5.16 Å². The molecule has 35 heavy (non-hydrogen) atoms. The lowest BCUT2D eigenvalue weighted by Crippen LogP contribution is -2.17. The molecule has 2 heterocycles. The van der Waals surface area contributed by atoms with Gasteiger partial charge in [0.05, 0.1) is 33.8 Å². The van der Waals surface area contributed by atoms with Crippen LogP contribution < -0.4 is 4.72 Å². The Balaban J connectivity index is 1.63. The zero-order valence-corrected chi connectivity index (χ0v) is 21.3. The third kappa shape index (κ3) is 4.71. The third-order valence-electron chi connectivity index (χ3n) is 5.91. The predicted molar refractivity (Wildman–Crippen MR) is 136 cm³/mol. The normalized spacial score (nSPS) is 13.6. The summed E-state index contributed by atoms with van der Waals surface area (Å²) < 4.78 is 40.9. The number of thiophene rings is 1. The van der Waals surface area contributed by atoms with Crippen LogP contribution in [0.25, 0.3) is 21.6 Å². The number of aromatic nitrogens is 1. The Morgan fingerprint density at radius 3 is 2.57 bits per heavy atom. The molecule has 1 aliphatic carbocycles. The smallest absolute Gasteiger partial charge is 0.337 e. The summed E-state index contributed by atoms with van der Waals surface area (Å²) in [5, 5.41) is 3.83. The Kier molecular flexibility index (Phi) is 6.16. The first kappa shape index (κ1) is 23.6. The maximum Gasteiger partial charge on any atom is 0.337 e. The van der Waals surface area contributed by atoms with Gasteiger partial charge in [0.25, 0.3) is 10.0 Å². The number of halogens is 1. The molecule has 1 N–H and O–H groups in total. The first-order chi connectivity index (χ1) is 16.8. The monoisotopic (exact) mass is 528 g/mol. The van der Waals surface area contributed by atoms with Gasteiger partial charge in [-0.3, -0.25) is 4.72 Å². The van der Waals surface area contributed by atoms with Crippen LogP contribution in [0.2, 0.25) is 4.34 Å². The van der Waals surface area contributed by atoms with Crippen LogP contribution in [0.15, 0.2) is 64.1 Å². The fourth-order valence-corrected chi connectivity index (χ4v) is 6.47. The molecule has 180 valence electrons. The molecule has 5 rings (SSSR count). The summed E-state index contributed by atoms with van der Waals surface area (Å²) in [5.41, 5.74) is 3.44. The van der Waals surface area contributed by atoms with E-state index in [-0.39, 0.29) is 16.4 Å². The summed E-state index contributed by atoms with van der Waals surface area (Å²) in [6.45, 7) is 1.79. The second-order valence-electron chi connectivity index (χ2n) is 8.28. The summed E-state index contributed by atoms with van der Waals surface area (Å²) in [4.78, 5) is 13.0. The Labute approximate surface area is 211 Å². The second-order valence-corrected chi connectivity index (χ2v) is 11.6. The number of benzene rings is 2. The summed E-state index contributed by atoms with van der Waals surface area (Å²) in [6, 6.07) is 13.8. The van der Waals surface area contributed by atoms with Gasteiger partial charge in [-0.25, -0.2) is 13.2 Å². The first-order valence-corrected chi connectivity index (χ1v) is 13.5. The van der Waals surface area contributed by atoms with Gasteiger partial charge in [0.15, 0.2) is 0 Å². The van der Waals surface area contributed by atoms with Crippen molar-refractivity contribution >= 4 is 44.6 Å². The molecule has 2 aromatic carbocycles. The Bertz CT molecular complexity index is 1540. The van der Waals surface area contributed by atoms with Gasteiger partial charge in [-0.1, -0.05) is 35.0 Å². The molecule has 0 aliphatic heterocycles. The number of hydrogen-bond donors (Lipinski definition) is 1. The number of esters is 1. The predicted octanol–water partition coefficient (Wildman–Crippen LogP) is 6.50. The van der Waals surface area contributed by atoms with Crippen LogP contribution in [0.3, 0.4) is 0 Å². The fraction of sp³-hybridized carbons (Fsp3) is 0.200. The molecule has 1 aliphatic rings. The molecule has 1 saturated carbocycles. The maximum absolute atomic E-state index is 13.8. The molecule has 10 heteroatoms. The van der Waals surface area contributed by atoms with Crippen molar-refractivity contribution < 1.29 is 22.5 Å². The van der Waals surface area contributed by atoms with Gasteiger partial charge in [0.1, 0.15) is 5.76 Å². The van der Waals surface area contributed by atoms with Crippen molar-refractivity contribution in [3.05, 3.63) is 76.0 Å². The highest BCUT2D eigenvalue weighted by Crippen LogP contribution is 2.44. The first-order valence-electron chi connectivity index (χ1n) is 10.8. The van der Waals surface area contributed by atoms with Crippen molar-refractivity contribution in [1.29, 1.82) is 0 Å². The number of anilines is 1. The molecule has 0 atom stereocenters. The van der Waals surface area contributed by atoms with Gasteiger partial charge in [0.2, 0.25) is 0 Å². The Hall–Kier alpha value is -3.14. The zero-order valence-electron chi connectivity index (χ0n) is 18.9. The van der Waals surface area contributed by atoms with E-state index in [1.807, 2.05) is 18.2 Å².